The van der Waals surface area contributed by atoms with Crippen molar-refractivity contribution in [1.82, 2.24) is 39.6 Å². The van der Waals surface area contributed by atoms with Crippen molar-refractivity contribution in [1.29, 1.82) is 0 Å². The molecule has 3 aromatic rings. The van der Waals surface area contributed by atoms with Crippen LogP contribution in [0, 0.1) is 13.8 Å². The van der Waals surface area contributed by atoms with Crippen molar-refractivity contribution in [3.05, 3.63) is 47.0 Å². The Hall–Kier alpha value is -3.95. The predicted octanol–water partition coefficient (Wildman–Crippen LogP) is 6.93. The maximum absolute atomic E-state index is 12.9. The molecule has 16 N–H and O–H groups in total. The Bertz CT molecular complexity index is 1300. The first-order chi connectivity index (χ1) is 18.4. The zero-order valence-corrected chi connectivity index (χ0v) is 26.0. The van der Waals surface area contributed by atoms with Gasteiger partial charge in [0.1, 0.15) is 11.5 Å². The summed E-state index contributed by atoms with van der Waals surface area (Å²) in [5.74, 6) is 1.22. The summed E-state index contributed by atoms with van der Waals surface area (Å²) >= 11 is 0. The van der Waals surface area contributed by atoms with Gasteiger partial charge in [0.05, 0.1) is 5.56 Å². The summed E-state index contributed by atoms with van der Waals surface area (Å²) in [5, 5.41) is 26.4. The molecule has 1 amide bonds. The molecule has 14 nitrogen and oxygen atoms in total. The lowest BCUT2D eigenvalue weighted by molar-refractivity contribution is 0.102. The van der Waals surface area contributed by atoms with E-state index in [9.17, 15) is 15.0 Å². The Balaban J connectivity index is -0.000000653. The number of halogens is 1. The Labute approximate surface area is 265 Å². The van der Waals surface area contributed by atoms with Crippen LogP contribution in [0.25, 0.3) is 0 Å². The molecule has 0 bridgehead atoms. The molecule has 0 unspecified atom stereocenters. The van der Waals surface area contributed by atoms with Gasteiger partial charge in [0.2, 0.25) is 17.8 Å². The number of phenolic OH excluding ortho intramolecular Hbond substituents is 2. The van der Waals surface area contributed by atoms with E-state index in [4.69, 9.17) is 15.0 Å². The van der Waals surface area contributed by atoms with Gasteiger partial charge in [-0.25, -0.2) is 0 Å². The van der Waals surface area contributed by atoms with E-state index in [1.165, 1.54) is 18.9 Å². The molecule has 5 rings (SSSR count). The fourth-order valence-corrected chi connectivity index (χ4v) is 5.01. The third-order valence-corrected chi connectivity index (χ3v) is 7.24. The number of aryl methyl sites for hydroxylation is 1. The smallest absolute Gasteiger partial charge is 0.259 e. The molecule has 15 heteroatoms. The number of benzene rings is 2. The summed E-state index contributed by atoms with van der Waals surface area (Å²) in [5.41, 5.74) is 2.26. The number of phenols is 2. The lowest BCUT2D eigenvalue weighted by atomic mass is 10.0. The lowest BCUT2D eigenvalue weighted by Gasteiger charge is -2.30. The Morgan fingerprint density at radius 3 is 1.72 bits per heavy atom. The zero-order chi connectivity index (χ0) is 26.6. The number of hydrogen-bond donors (Lipinski definition) is 8. The highest BCUT2D eigenvalue weighted by molar-refractivity contribution is 6.07. The van der Waals surface area contributed by atoms with Crippen LogP contribution in [0.4, 0.5) is 29.2 Å². The minimum Gasteiger partial charge on any atom is -0.508 e. The Kier molecular flexibility index (Phi) is 15.7. The van der Waals surface area contributed by atoms with Crippen molar-refractivity contribution in [2.24, 2.45) is 0 Å². The van der Waals surface area contributed by atoms with E-state index in [0.717, 1.165) is 57.5 Å². The largest absolute Gasteiger partial charge is 0.508 e. The molecule has 2 aliphatic rings. The van der Waals surface area contributed by atoms with Gasteiger partial charge in [-0.3, -0.25) is 4.79 Å². The van der Waals surface area contributed by atoms with Crippen LogP contribution in [-0.2, 0) is 0 Å². The third-order valence-electron chi connectivity index (χ3n) is 7.24. The van der Waals surface area contributed by atoms with Crippen molar-refractivity contribution in [3.63, 3.8) is 0 Å². The number of rotatable bonds is 6. The third kappa shape index (κ3) is 9.02. The van der Waals surface area contributed by atoms with E-state index in [-0.39, 0.29) is 65.3 Å². The molecule has 0 atom stereocenters. The summed E-state index contributed by atoms with van der Waals surface area (Å²) in [6.45, 7) is 7.04. The molecule has 0 spiro atoms. The summed E-state index contributed by atoms with van der Waals surface area (Å²) in [6, 6.07) is 8.71. The average molecular weight is 630 g/mol. The summed E-state index contributed by atoms with van der Waals surface area (Å²) in [7, 11) is 0. The number of aromatic hydroxyl groups is 2. The quantitative estimate of drug-likeness (QED) is 0.137. The number of amides is 1. The highest BCUT2D eigenvalue weighted by Crippen LogP contribution is 2.33. The van der Waals surface area contributed by atoms with Crippen LogP contribution in [0.15, 0.2) is 30.3 Å². The molecule has 0 saturated carbocycles. The number of carbonyl (C=O) groups excluding carboxylic acids is 1. The fraction of sp³-hybridized carbons (Fsp3) is 0.429. The summed E-state index contributed by atoms with van der Waals surface area (Å²) in [4.78, 5) is 31.7. The monoisotopic (exact) mass is 629 g/mol. The van der Waals surface area contributed by atoms with Gasteiger partial charge in [0.25, 0.3) is 5.91 Å². The lowest BCUT2D eigenvalue weighted by Crippen LogP contribution is -2.34. The second-order valence-electron chi connectivity index (χ2n) is 10.1. The van der Waals surface area contributed by atoms with Crippen molar-refractivity contribution in [3.8, 4) is 11.5 Å². The van der Waals surface area contributed by atoms with Gasteiger partial charge in [-0.15, -0.1) is 12.4 Å². The van der Waals surface area contributed by atoms with Crippen LogP contribution in [0.5, 0.6) is 11.5 Å². The van der Waals surface area contributed by atoms with Crippen molar-refractivity contribution in [2.75, 3.05) is 46.6 Å². The molecule has 2 fully saturated rings. The number of aromatic nitrogens is 3. The molecule has 0 radical (unpaired) electrons. The maximum Gasteiger partial charge on any atom is 0.259 e. The number of carbonyl (C=O) groups is 1. The number of nitrogens with zero attached hydrogens (tertiary/aromatic N) is 5. The minimum atomic E-state index is -0.446. The van der Waals surface area contributed by atoms with Crippen LogP contribution in [0.3, 0.4) is 0 Å². The van der Waals surface area contributed by atoms with Gasteiger partial charge in [0, 0.05) is 48.8 Å². The van der Waals surface area contributed by atoms with Gasteiger partial charge in [-0.2, -0.15) is 15.0 Å². The van der Waals surface area contributed by atoms with Crippen molar-refractivity contribution >= 4 is 47.5 Å². The number of piperidine rings is 2. The highest BCUT2D eigenvalue weighted by atomic mass is 35.5. The number of anilines is 5. The number of nitrogens with one attached hydrogen (secondary N) is 2. The van der Waals surface area contributed by atoms with E-state index in [1.54, 1.807) is 26.0 Å². The van der Waals surface area contributed by atoms with Crippen LogP contribution in [0.2, 0.25) is 0 Å². The fourth-order valence-electron chi connectivity index (χ4n) is 5.01. The molecule has 1 aromatic heterocycles. The number of hydrogen-bond acceptors (Lipinski definition) is 13. The van der Waals surface area contributed by atoms with Gasteiger partial charge in [0.15, 0.2) is 0 Å². The standard InChI is InChI=1S/C28H35N7O3.ClH.4H3N.4H2/c1-18-17-22(36)19(2)24(37)23(18)25(38)29-20-9-11-21(12-10-20)30-26-31-27(34-13-5-3-6-14-34)33-28(32-26)35-15-7-4-8-16-35;;;;;;;;;/h9-12,17,36-37H,3-8,13-16H2,1-2H3,(H,29,38)(H,30,31,32,33);1H;4*1H3;4*1H. The Morgan fingerprint density at radius 2 is 1.23 bits per heavy atom. The van der Waals surface area contributed by atoms with E-state index < -0.39 is 5.91 Å². The van der Waals surface area contributed by atoms with Crippen LogP contribution >= 0.6 is 12.4 Å². The SMILES string of the molecule is Cc1cc(O)c(C)c(O)c1C(=O)Nc1ccc(Nc2nc(N3CCCCC3)nc(N3CCCCC3)n2)cc1.Cl.N.N.N.N.[HH].[HH].[HH].[HH]. The molecular weight excluding hydrogens is 574 g/mol. The average Bonchev–Trinajstić information content (AvgIpc) is 2.94. The normalized spacial score (nSPS) is 14.0. The molecule has 2 aliphatic heterocycles. The van der Waals surface area contributed by atoms with Gasteiger partial charge < -0.3 is 55.2 Å². The molecule has 248 valence electrons. The maximum atomic E-state index is 12.9. The second-order valence-corrected chi connectivity index (χ2v) is 10.1. The topological polar surface area (TPSA) is 267 Å². The van der Waals surface area contributed by atoms with Crippen molar-refractivity contribution in [2.45, 2.75) is 52.4 Å². The van der Waals surface area contributed by atoms with E-state index in [2.05, 4.69) is 20.4 Å². The first-order valence-corrected chi connectivity index (χ1v) is 13.4. The molecule has 2 saturated heterocycles. The summed E-state index contributed by atoms with van der Waals surface area (Å²) < 4.78 is 0. The van der Waals surface area contributed by atoms with Gasteiger partial charge >= 0.3 is 0 Å². The van der Waals surface area contributed by atoms with E-state index in [0.29, 0.717) is 29.1 Å². The summed E-state index contributed by atoms with van der Waals surface area (Å²) in [6.07, 6.45) is 7.03. The van der Waals surface area contributed by atoms with Crippen LogP contribution in [0.1, 0.15) is 65.7 Å². The molecule has 3 heterocycles. The van der Waals surface area contributed by atoms with Crippen LogP contribution < -0.4 is 45.0 Å². The van der Waals surface area contributed by atoms with Crippen molar-refractivity contribution < 1.29 is 20.7 Å². The van der Waals surface area contributed by atoms with Crippen LogP contribution in [-0.4, -0.2) is 57.3 Å². The molecule has 2 aromatic carbocycles. The Morgan fingerprint density at radius 1 is 0.767 bits per heavy atom. The van der Waals surface area contributed by atoms with E-state index >= 15 is 0 Å². The van der Waals surface area contributed by atoms with E-state index in [1.807, 2.05) is 12.1 Å². The first kappa shape index (κ1) is 39.0. The molecule has 43 heavy (non-hydrogen) atoms. The van der Waals surface area contributed by atoms with Gasteiger partial charge in [-0.05, 0) is 88.3 Å². The second kappa shape index (κ2) is 17.2. The predicted molar refractivity (Wildman–Crippen MR) is 185 cm³/mol. The molecule has 0 aliphatic carbocycles. The zero-order valence-electron chi connectivity index (χ0n) is 25.2. The minimum absolute atomic E-state index is 0. The molecular formula is C28H56ClN11O3. The first-order valence-electron chi connectivity index (χ1n) is 13.4. The highest BCUT2D eigenvalue weighted by Gasteiger charge is 2.21. The van der Waals surface area contributed by atoms with Gasteiger partial charge in [-0.1, -0.05) is 0 Å².